The number of hydrogen-bond donors (Lipinski definition) is 1. The predicted octanol–water partition coefficient (Wildman–Crippen LogP) is 2.92. The van der Waals surface area contributed by atoms with Gasteiger partial charge in [0, 0.05) is 25.2 Å². The number of benzene rings is 1. The zero-order chi connectivity index (χ0) is 15.8. The second-order valence-corrected chi connectivity index (χ2v) is 6.22. The van der Waals surface area contributed by atoms with Crippen molar-refractivity contribution in [1.29, 1.82) is 0 Å². The molecule has 0 heterocycles. The van der Waals surface area contributed by atoms with Crippen molar-refractivity contribution in [1.82, 2.24) is 15.1 Å². The highest BCUT2D eigenvalue weighted by Crippen LogP contribution is 2.17. The minimum absolute atomic E-state index is 0.403. The Balaban J connectivity index is 2.77. The molecule has 0 fully saturated rings. The Hall–Kier alpha value is -0.900. The highest BCUT2D eigenvalue weighted by atomic mass is 15.2. The van der Waals surface area contributed by atoms with E-state index in [4.69, 9.17) is 0 Å². The summed E-state index contributed by atoms with van der Waals surface area (Å²) in [6, 6.07) is 9.90. The molecular weight excluding hydrogens is 258 g/mol. The molecule has 0 aromatic heterocycles. The van der Waals surface area contributed by atoms with Gasteiger partial charge >= 0.3 is 0 Å². The van der Waals surface area contributed by atoms with E-state index in [0.29, 0.717) is 12.1 Å². The van der Waals surface area contributed by atoms with Crippen LogP contribution in [0, 0.1) is 6.92 Å². The molecule has 1 N–H and O–H groups in total. The Labute approximate surface area is 131 Å². The summed E-state index contributed by atoms with van der Waals surface area (Å²) in [5.41, 5.74) is 2.71. The van der Waals surface area contributed by atoms with Gasteiger partial charge in [-0.05, 0) is 46.6 Å². The average Bonchev–Trinajstić information content (AvgIpc) is 2.43. The highest BCUT2D eigenvalue weighted by Gasteiger charge is 2.19. The maximum Gasteiger partial charge on any atom is 0.0449 e. The van der Waals surface area contributed by atoms with Gasteiger partial charge in [-0.2, -0.15) is 0 Å². The first-order valence-corrected chi connectivity index (χ1v) is 8.16. The summed E-state index contributed by atoms with van der Waals surface area (Å²) in [6.45, 7) is 13.1. The van der Waals surface area contributed by atoms with Crippen LogP contribution in [0.5, 0.6) is 0 Å². The first kappa shape index (κ1) is 18.1. The Morgan fingerprint density at radius 1 is 1.05 bits per heavy atom. The molecule has 21 heavy (non-hydrogen) atoms. The van der Waals surface area contributed by atoms with Gasteiger partial charge in [0.15, 0.2) is 0 Å². The fourth-order valence-electron chi connectivity index (χ4n) is 2.83. The average molecular weight is 291 g/mol. The first-order chi connectivity index (χ1) is 9.97. The van der Waals surface area contributed by atoms with Crippen molar-refractivity contribution in [3.8, 4) is 0 Å². The minimum Gasteiger partial charge on any atom is -0.309 e. The van der Waals surface area contributed by atoms with Crippen molar-refractivity contribution < 1.29 is 0 Å². The molecule has 120 valence electrons. The van der Waals surface area contributed by atoms with Gasteiger partial charge in [0.05, 0.1) is 0 Å². The summed E-state index contributed by atoms with van der Waals surface area (Å²) >= 11 is 0. The van der Waals surface area contributed by atoms with Crippen molar-refractivity contribution >= 4 is 0 Å². The van der Waals surface area contributed by atoms with Crippen LogP contribution in [0.2, 0.25) is 0 Å². The van der Waals surface area contributed by atoms with E-state index < -0.39 is 0 Å². The van der Waals surface area contributed by atoms with Crippen LogP contribution < -0.4 is 5.32 Å². The van der Waals surface area contributed by atoms with Gasteiger partial charge in [0.25, 0.3) is 0 Å². The number of nitrogens with zero attached hydrogens (tertiary/aromatic N) is 2. The summed E-state index contributed by atoms with van der Waals surface area (Å²) in [7, 11) is 4.29. The van der Waals surface area contributed by atoms with E-state index in [1.54, 1.807) is 0 Å². The Morgan fingerprint density at radius 3 is 2.14 bits per heavy atom. The SMILES string of the molecule is CCNC(CN(CC)C(C)CN(C)C)c1ccc(C)cc1. The Kier molecular flexibility index (Phi) is 7.94. The largest absolute Gasteiger partial charge is 0.309 e. The molecule has 0 amide bonds. The van der Waals surface area contributed by atoms with E-state index >= 15 is 0 Å². The van der Waals surface area contributed by atoms with E-state index in [2.05, 4.69) is 81.2 Å². The van der Waals surface area contributed by atoms with Gasteiger partial charge < -0.3 is 10.2 Å². The van der Waals surface area contributed by atoms with Crippen LogP contribution in [0.3, 0.4) is 0 Å². The van der Waals surface area contributed by atoms with Crippen molar-refractivity contribution in [2.24, 2.45) is 0 Å². The standard InChI is InChI=1S/C18H33N3/c1-7-19-18(17-11-9-15(3)10-12-17)14-21(8-2)16(4)13-20(5)6/h9-12,16,18-19H,7-8,13-14H2,1-6H3. The van der Waals surface area contributed by atoms with Gasteiger partial charge in [-0.25, -0.2) is 0 Å². The lowest BCUT2D eigenvalue weighted by atomic mass is 10.0. The van der Waals surface area contributed by atoms with Crippen LogP contribution in [0.4, 0.5) is 0 Å². The van der Waals surface area contributed by atoms with Gasteiger partial charge in [-0.15, -0.1) is 0 Å². The molecule has 3 heteroatoms. The molecule has 1 rings (SSSR count). The summed E-state index contributed by atoms with van der Waals surface area (Å²) in [5, 5.41) is 3.64. The van der Waals surface area contributed by atoms with Gasteiger partial charge in [0.2, 0.25) is 0 Å². The van der Waals surface area contributed by atoms with Gasteiger partial charge in [0.1, 0.15) is 0 Å². The predicted molar refractivity (Wildman–Crippen MR) is 92.9 cm³/mol. The summed E-state index contributed by atoms with van der Waals surface area (Å²) in [6.07, 6.45) is 0. The third-order valence-electron chi connectivity index (χ3n) is 4.01. The molecular formula is C18H33N3. The van der Waals surface area contributed by atoms with Crippen LogP contribution in [0.1, 0.15) is 37.9 Å². The van der Waals surface area contributed by atoms with Crippen LogP contribution in [-0.4, -0.2) is 56.1 Å². The van der Waals surface area contributed by atoms with Crippen LogP contribution >= 0.6 is 0 Å². The first-order valence-electron chi connectivity index (χ1n) is 8.16. The Morgan fingerprint density at radius 2 is 1.67 bits per heavy atom. The summed E-state index contributed by atoms with van der Waals surface area (Å²) in [4.78, 5) is 4.83. The minimum atomic E-state index is 0.403. The van der Waals surface area contributed by atoms with E-state index in [1.165, 1.54) is 11.1 Å². The zero-order valence-corrected chi connectivity index (χ0v) is 14.7. The maximum atomic E-state index is 3.64. The second kappa shape index (κ2) is 9.19. The molecule has 0 saturated heterocycles. The molecule has 3 nitrogen and oxygen atoms in total. The molecule has 2 atom stereocenters. The molecule has 0 aliphatic heterocycles. The second-order valence-electron chi connectivity index (χ2n) is 6.22. The van der Waals surface area contributed by atoms with E-state index in [1.807, 2.05) is 0 Å². The van der Waals surface area contributed by atoms with Crippen molar-refractivity contribution in [2.45, 2.75) is 39.8 Å². The van der Waals surface area contributed by atoms with Gasteiger partial charge in [-0.1, -0.05) is 43.7 Å². The lowest BCUT2D eigenvalue weighted by Gasteiger charge is -2.33. The van der Waals surface area contributed by atoms with Crippen LogP contribution in [0.15, 0.2) is 24.3 Å². The third kappa shape index (κ3) is 6.16. The van der Waals surface area contributed by atoms with Crippen molar-refractivity contribution in [3.05, 3.63) is 35.4 Å². The number of likely N-dealkylation sites (N-methyl/N-ethyl adjacent to an activating group) is 3. The van der Waals surface area contributed by atoms with E-state index in [9.17, 15) is 0 Å². The fourth-order valence-corrected chi connectivity index (χ4v) is 2.83. The Bertz CT molecular complexity index is 386. The zero-order valence-electron chi connectivity index (χ0n) is 14.7. The lowest BCUT2D eigenvalue weighted by Crippen LogP contribution is -2.44. The number of aryl methyl sites for hydroxylation is 1. The lowest BCUT2D eigenvalue weighted by molar-refractivity contribution is 0.165. The molecule has 0 saturated carbocycles. The topological polar surface area (TPSA) is 18.5 Å². The molecule has 2 unspecified atom stereocenters. The fraction of sp³-hybridized carbons (Fsp3) is 0.667. The molecule has 0 bridgehead atoms. The molecule has 1 aromatic rings. The quantitative estimate of drug-likeness (QED) is 0.755. The van der Waals surface area contributed by atoms with Crippen LogP contribution in [-0.2, 0) is 0 Å². The van der Waals surface area contributed by atoms with Gasteiger partial charge in [-0.3, -0.25) is 4.90 Å². The smallest absolute Gasteiger partial charge is 0.0449 e. The van der Waals surface area contributed by atoms with Crippen molar-refractivity contribution in [2.75, 3.05) is 40.3 Å². The third-order valence-corrected chi connectivity index (χ3v) is 4.01. The molecule has 1 aromatic carbocycles. The van der Waals surface area contributed by atoms with Crippen LogP contribution in [0.25, 0.3) is 0 Å². The highest BCUT2D eigenvalue weighted by molar-refractivity contribution is 5.24. The summed E-state index contributed by atoms with van der Waals surface area (Å²) in [5.74, 6) is 0. The maximum absolute atomic E-state index is 3.64. The van der Waals surface area contributed by atoms with E-state index in [-0.39, 0.29) is 0 Å². The molecule has 0 spiro atoms. The number of nitrogens with one attached hydrogen (secondary N) is 1. The monoisotopic (exact) mass is 291 g/mol. The molecule has 0 aliphatic rings. The summed E-state index contributed by atoms with van der Waals surface area (Å²) < 4.78 is 0. The number of rotatable bonds is 9. The normalized spacial score (nSPS) is 14.7. The molecule has 0 radical (unpaired) electrons. The van der Waals surface area contributed by atoms with Crippen molar-refractivity contribution in [3.63, 3.8) is 0 Å². The van der Waals surface area contributed by atoms with E-state index in [0.717, 1.165) is 26.2 Å². The molecule has 0 aliphatic carbocycles. The number of hydrogen-bond acceptors (Lipinski definition) is 3.